The zero-order valence-electron chi connectivity index (χ0n) is 10.6. The van der Waals surface area contributed by atoms with Crippen molar-refractivity contribution in [2.24, 2.45) is 5.41 Å². The minimum atomic E-state index is -0.664. The number of ether oxygens (including phenoxy) is 1. The smallest absolute Gasteiger partial charge is 0.117 e. The van der Waals surface area contributed by atoms with Crippen LogP contribution in [0.4, 0.5) is 4.39 Å². The summed E-state index contributed by atoms with van der Waals surface area (Å²) in [4.78, 5) is 2.47. The third kappa shape index (κ3) is 2.11. The van der Waals surface area contributed by atoms with E-state index in [0.717, 1.165) is 45.7 Å². The zero-order valence-corrected chi connectivity index (χ0v) is 10.6. The molecule has 3 rings (SSSR count). The molecule has 0 aromatic rings. The van der Waals surface area contributed by atoms with Gasteiger partial charge in [0.2, 0.25) is 0 Å². The van der Waals surface area contributed by atoms with E-state index in [9.17, 15) is 4.39 Å². The van der Waals surface area contributed by atoms with Gasteiger partial charge in [-0.15, -0.1) is 0 Å². The topological polar surface area (TPSA) is 24.5 Å². The van der Waals surface area contributed by atoms with E-state index in [1.54, 1.807) is 0 Å². The average molecular weight is 242 g/mol. The first-order valence-corrected chi connectivity index (χ1v) is 6.92. The Balaban J connectivity index is 1.47. The lowest BCUT2D eigenvalue weighted by atomic mass is 9.75. The van der Waals surface area contributed by atoms with Gasteiger partial charge in [-0.3, -0.25) is 4.90 Å². The zero-order chi connectivity index (χ0) is 11.9. The molecular weight excluding hydrogens is 219 g/mol. The van der Waals surface area contributed by atoms with Gasteiger partial charge in [0.15, 0.2) is 0 Å². The van der Waals surface area contributed by atoms with E-state index < -0.39 is 6.17 Å². The highest BCUT2D eigenvalue weighted by Crippen LogP contribution is 2.41. The molecule has 0 radical (unpaired) electrons. The monoisotopic (exact) mass is 242 g/mol. The molecule has 1 N–H and O–H groups in total. The van der Waals surface area contributed by atoms with Crippen LogP contribution in [0.5, 0.6) is 0 Å². The van der Waals surface area contributed by atoms with E-state index in [4.69, 9.17) is 4.74 Å². The summed E-state index contributed by atoms with van der Waals surface area (Å²) in [5.41, 5.74) is 0.463. The van der Waals surface area contributed by atoms with E-state index in [2.05, 4.69) is 17.1 Å². The molecule has 4 heteroatoms. The van der Waals surface area contributed by atoms with Gasteiger partial charge in [0.1, 0.15) is 6.17 Å². The van der Waals surface area contributed by atoms with Crippen LogP contribution < -0.4 is 5.32 Å². The number of nitrogens with zero attached hydrogens (tertiary/aromatic N) is 1. The van der Waals surface area contributed by atoms with Crippen LogP contribution >= 0.6 is 0 Å². The molecule has 0 aromatic heterocycles. The van der Waals surface area contributed by atoms with E-state index in [1.165, 1.54) is 0 Å². The van der Waals surface area contributed by atoms with Crippen LogP contribution in [0, 0.1) is 5.41 Å². The van der Waals surface area contributed by atoms with Crippen molar-refractivity contribution in [3.05, 3.63) is 0 Å². The molecule has 3 fully saturated rings. The largest absolute Gasteiger partial charge is 0.380 e. The molecule has 17 heavy (non-hydrogen) atoms. The summed E-state index contributed by atoms with van der Waals surface area (Å²) in [6.07, 6.45) is 2.19. The first-order valence-electron chi connectivity index (χ1n) is 6.92. The highest BCUT2D eigenvalue weighted by Gasteiger charge is 2.51. The summed E-state index contributed by atoms with van der Waals surface area (Å²) in [7, 11) is 0. The maximum Gasteiger partial charge on any atom is 0.117 e. The van der Waals surface area contributed by atoms with Gasteiger partial charge in [-0.2, -0.15) is 0 Å². The van der Waals surface area contributed by atoms with Crippen molar-refractivity contribution in [1.29, 1.82) is 0 Å². The second-order valence-corrected chi connectivity index (χ2v) is 6.04. The highest BCUT2D eigenvalue weighted by molar-refractivity contribution is 5.03. The molecule has 2 aliphatic heterocycles. The predicted molar refractivity (Wildman–Crippen MR) is 64.8 cm³/mol. The second kappa shape index (κ2) is 4.48. The van der Waals surface area contributed by atoms with Gasteiger partial charge >= 0.3 is 0 Å². The third-order valence-corrected chi connectivity index (χ3v) is 4.62. The van der Waals surface area contributed by atoms with Gasteiger partial charge in [-0.05, 0) is 25.8 Å². The van der Waals surface area contributed by atoms with Crippen LogP contribution in [0.25, 0.3) is 0 Å². The summed E-state index contributed by atoms with van der Waals surface area (Å²) in [5, 5.41) is 3.25. The fourth-order valence-electron chi connectivity index (χ4n) is 3.57. The van der Waals surface area contributed by atoms with E-state index >= 15 is 0 Å². The maximum absolute atomic E-state index is 14.0. The lowest BCUT2D eigenvalue weighted by Crippen LogP contribution is -2.68. The summed E-state index contributed by atoms with van der Waals surface area (Å²) in [5.74, 6) is 0. The lowest BCUT2D eigenvalue weighted by molar-refractivity contribution is -0.202. The van der Waals surface area contributed by atoms with E-state index in [0.29, 0.717) is 17.9 Å². The molecule has 3 nitrogen and oxygen atoms in total. The van der Waals surface area contributed by atoms with Crippen molar-refractivity contribution in [2.45, 2.75) is 44.4 Å². The number of hydrogen-bond acceptors (Lipinski definition) is 3. The number of likely N-dealkylation sites (tertiary alicyclic amines) is 1. The highest BCUT2D eigenvalue weighted by atomic mass is 19.1. The SMILES string of the molecule is CCNC1CCC(N2CC3(COC3)C2)CC1F. The van der Waals surface area contributed by atoms with Gasteiger partial charge in [0.05, 0.1) is 13.2 Å². The van der Waals surface area contributed by atoms with Crippen LogP contribution in [0.3, 0.4) is 0 Å². The van der Waals surface area contributed by atoms with Crippen molar-refractivity contribution in [2.75, 3.05) is 32.8 Å². The fourth-order valence-corrected chi connectivity index (χ4v) is 3.57. The molecule has 1 saturated carbocycles. The first kappa shape index (κ1) is 11.9. The fraction of sp³-hybridized carbons (Fsp3) is 1.00. The Kier molecular flexibility index (Phi) is 3.13. The third-order valence-electron chi connectivity index (χ3n) is 4.62. The van der Waals surface area contributed by atoms with Crippen LogP contribution in [-0.4, -0.2) is 56.0 Å². The van der Waals surface area contributed by atoms with Crippen LogP contribution in [-0.2, 0) is 4.74 Å². The van der Waals surface area contributed by atoms with Gasteiger partial charge in [0, 0.05) is 30.6 Å². The normalized spacial score (nSPS) is 40.9. The van der Waals surface area contributed by atoms with Crippen molar-refractivity contribution in [3.8, 4) is 0 Å². The molecule has 1 aliphatic carbocycles. The minimum Gasteiger partial charge on any atom is -0.380 e. The standard InChI is InChI=1S/C13H23FN2O/c1-2-15-12-4-3-10(5-11(12)14)16-6-13(7-16)8-17-9-13/h10-12,15H,2-9H2,1H3. The van der Waals surface area contributed by atoms with Gasteiger partial charge < -0.3 is 10.1 Å². The molecule has 1 spiro atoms. The number of hydrogen-bond donors (Lipinski definition) is 1. The Bertz CT molecular complexity index is 275. The second-order valence-electron chi connectivity index (χ2n) is 6.04. The van der Waals surface area contributed by atoms with E-state index in [1.807, 2.05) is 0 Å². The molecule has 3 aliphatic rings. The Morgan fingerprint density at radius 1 is 1.35 bits per heavy atom. The molecular formula is C13H23FN2O. The van der Waals surface area contributed by atoms with Gasteiger partial charge in [-0.1, -0.05) is 6.92 Å². The quantitative estimate of drug-likeness (QED) is 0.804. The van der Waals surface area contributed by atoms with Gasteiger partial charge in [-0.25, -0.2) is 4.39 Å². The number of alkyl halides is 1. The Morgan fingerprint density at radius 3 is 2.65 bits per heavy atom. The summed E-state index contributed by atoms with van der Waals surface area (Å²) in [6.45, 7) is 7.05. The Morgan fingerprint density at radius 2 is 2.12 bits per heavy atom. The molecule has 0 amide bonds. The Labute approximate surface area is 103 Å². The molecule has 0 bridgehead atoms. The number of nitrogens with one attached hydrogen (secondary N) is 1. The summed E-state index contributed by atoms with van der Waals surface area (Å²) >= 11 is 0. The maximum atomic E-state index is 14.0. The molecule has 3 unspecified atom stereocenters. The summed E-state index contributed by atoms with van der Waals surface area (Å²) in [6, 6.07) is 0.574. The predicted octanol–water partition coefficient (Wildman–Crippen LogP) is 1.19. The Hall–Kier alpha value is -0.190. The van der Waals surface area contributed by atoms with Gasteiger partial charge in [0.25, 0.3) is 0 Å². The van der Waals surface area contributed by atoms with Crippen LogP contribution in [0.15, 0.2) is 0 Å². The molecule has 0 aromatic carbocycles. The van der Waals surface area contributed by atoms with Crippen molar-refractivity contribution >= 4 is 0 Å². The molecule has 3 atom stereocenters. The van der Waals surface area contributed by atoms with Crippen molar-refractivity contribution in [1.82, 2.24) is 10.2 Å². The minimum absolute atomic E-state index is 0.0959. The molecule has 98 valence electrons. The summed E-state index contributed by atoms with van der Waals surface area (Å²) < 4.78 is 19.3. The number of rotatable bonds is 3. The van der Waals surface area contributed by atoms with E-state index in [-0.39, 0.29) is 6.04 Å². The van der Waals surface area contributed by atoms with Crippen LogP contribution in [0.1, 0.15) is 26.2 Å². The molecule has 2 saturated heterocycles. The first-order chi connectivity index (χ1) is 8.22. The number of halogens is 1. The van der Waals surface area contributed by atoms with Crippen LogP contribution in [0.2, 0.25) is 0 Å². The lowest BCUT2D eigenvalue weighted by Gasteiger charge is -2.58. The van der Waals surface area contributed by atoms with Crippen molar-refractivity contribution < 1.29 is 9.13 Å². The van der Waals surface area contributed by atoms with Crippen molar-refractivity contribution in [3.63, 3.8) is 0 Å². The molecule has 2 heterocycles. The average Bonchev–Trinajstić information content (AvgIpc) is 2.18.